The van der Waals surface area contributed by atoms with Gasteiger partial charge in [0.25, 0.3) is 10.0 Å². The molecular formula is C26H34N4O4S. The second-order valence-electron chi connectivity index (χ2n) is 8.98. The molecule has 0 radical (unpaired) electrons. The third-order valence-corrected chi connectivity index (χ3v) is 8.02. The number of carboxylic acid groups (broad SMARTS) is 1. The van der Waals surface area contributed by atoms with Crippen molar-refractivity contribution in [3.8, 4) is 0 Å². The molecule has 0 saturated carbocycles. The summed E-state index contributed by atoms with van der Waals surface area (Å²) < 4.78 is 30.6. The molecular weight excluding hydrogens is 464 g/mol. The number of aromatic carboxylic acids is 1. The van der Waals surface area contributed by atoms with Crippen molar-refractivity contribution in [3.05, 3.63) is 69.5 Å². The van der Waals surface area contributed by atoms with Crippen LogP contribution in [0.5, 0.6) is 0 Å². The molecule has 9 heteroatoms. The quantitative estimate of drug-likeness (QED) is 0.446. The zero-order valence-corrected chi connectivity index (χ0v) is 22.2. The molecule has 0 aliphatic heterocycles. The molecule has 3 rings (SSSR count). The van der Waals surface area contributed by atoms with E-state index < -0.39 is 16.0 Å². The van der Waals surface area contributed by atoms with E-state index in [2.05, 4.69) is 9.82 Å². The van der Waals surface area contributed by atoms with E-state index in [9.17, 15) is 18.3 Å². The average molecular weight is 499 g/mol. The average Bonchev–Trinajstić information content (AvgIpc) is 3.06. The zero-order valence-electron chi connectivity index (χ0n) is 21.4. The van der Waals surface area contributed by atoms with Crippen molar-refractivity contribution in [2.75, 3.05) is 23.2 Å². The third-order valence-electron chi connectivity index (χ3n) is 6.50. The smallest absolute Gasteiger partial charge is 0.337 e. The molecule has 0 atom stereocenters. The number of nitrogens with zero attached hydrogens (tertiary/aromatic N) is 3. The van der Waals surface area contributed by atoms with Crippen LogP contribution in [0, 0.1) is 34.6 Å². The molecule has 0 spiro atoms. The van der Waals surface area contributed by atoms with Gasteiger partial charge in [-0.25, -0.2) is 13.2 Å². The summed E-state index contributed by atoms with van der Waals surface area (Å²) in [5.41, 5.74) is 6.50. The first-order valence-electron chi connectivity index (χ1n) is 11.6. The van der Waals surface area contributed by atoms with E-state index in [1.807, 2.05) is 57.3 Å². The van der Waals surface area contributed by atoms with Gasteiger partial charge in [-0.2, -0.15) is 5.10 Å². The van der Waals surface area contributed by atoms with Gasteiger partial charge in [0, 0.05) is 31.5 Å². The summed E-state index contributed by atoms with van der Waals surface area (Å²) in [7, 11) is -2.05. The zero-order chi connectivity index (χ0) is 26.1. The van der Waals surface area contributed by atoms with Crippen LogP contribution in [0.4, 0.5) is 11.4 Å². The highest BCUT2D eigenvalue weighted by Crippen LogP contribution is 2.28. The maximum absolute atomic E-state index is 13.1. The van der Waals surface area contributed by atoms with Crippen LogP contribution in [0.3, 0.4) is 0 Å². The van der Waals surface area contributed by atoms with E-state index >= 15 is 0 Å². The molecule has 188 valence electrons. The first-order valence-corrected chi connectivity index (χ1v) is 13.1. The standard InChI is InChI=1S/C26H34N4O4S/c1-8-30-20(6)22(19(5)27-30)11-12-29(7)24-10-9-21(15-23(24)26(31)32)28-35(33,34)25-14-17(3)16(2)13-18(25)4/h9-10,13-15,28H,8,11-12H2,1-7H3,(H,31,32). The molecule has 0 aliphatic carbocycles. The predicted octanol–water partition coefficient (Wildman–Crippen LogP) is 4.62. The van der Waals surface area contributed by atoms with Crippen molar-refractivity contribution in [3.63, 3.8) is 0 Å². The summed E-state index contributed by atoms with van der Waals surface area (Å²) >= 11 is 0. The minimum Gasteiger partial charge on any atom is -0.478 e. The van der Waals surface area contributed by atoms with Crippen molar-refractivity contribution >= 4 is 27.4 Å². The van der Waals surface area contributed by atoms with Gasteiger partial charge >= 0.3 is 5.97 Å². The molecule has 0 bridgehead atoms. The first-order chi connectivity index (χ1) is 16.4. The van der Waals surface area contributed by atoms with Crippen molar-refractivity contribution in [1.29, 1.82) is 0 Å². The molecule has 3 aromatic rings. The Morgan fingerprint density at radius 2 is 1.71 bits per heavy atom. The van der Waals surface area contributed by atoms with E-state index in [1.165, 1.54) is 6.07 Å². The third kappa shape index (κ3) is 5.51. The fourth-order valence-electron chi connectivity index (χ4n) is 4.34. The Balaban J connectivity index is 1.86. The second-order valence-corrected chi connectivity index (χ2v) is 10.6. The number of aromatic nitrogens is 2. The number of anilines is 2. The van der Waals surface area contributed by atoms with Gasteiger partial charge in [-0.15, -0.1) is 0 Å². The van der Waals surface area contributed by atoms with Crippen LogP contribution in [-0.2, 0) is 23.0 Å². The lowest BCUT2D eigenvalue weighted by Crippen LogP contribution is -2.23. The summed E-state index contributed by atoms with van der Waals surface area (Å²) in [6, 6.07) is 8.07. The van der Waals surface area contributed by atoms with Gasteiger partial charge in [0.2, 0.25) is 0 Å². The van der Waals surface area contributed by atoms with Gasteiger partial charge in [-0.3, -0.25) is 9.40 Å². The Morgan fingerprint density at radius 3 is 2.31 bits per heavy atom. The Labute approximate surface area is 207 Å². The van der Waals surface area contributed by atoms with Gasteiger partial charge in [-0.05, 0) is 94.5 Å². The number of likely N-dealkylation sites (N-methyl/N-ethyl adjacent to an activating group) is 1. The highest BCUT2D eigenvalue weighted by molar-refractivity contribution is 7.92. The highest BCUT2D eigenvalue weighted by atomic mass is 32.2. The van der Waals surface area contributed by atoms with Crippen LogP contribution in [0.1, 0.15) is 50.9 Å². The van der Waals surface area contributed by atoms with E-state index in [0.717, 1.165) is 34.6 Å². The van der Waals surface area contributed by atoms with E-state index in [0.29, 0.717) is 24.2 Å². The van der Waals surface area contributed by atoms with Crippen LogP contribution >= 0.6 is 0 Å². The molecule has 1 heterocycles. The summed E-state index contributed by atoms with van der Waals surface area (Å²) in [6.07, 6.45) is 0.716. The molecule has 1 aromatic heterocycles. The Hall–Kier alpha value is -3.33. The molecule has 2 N–H and O–H groups in total. The minimum absolute atomic E-state index is 0.0298. The van der Waals surface area contributed by atoms with E-state index in [-0.39, 0.29) is 16.1 Å². The lowest BCUT2D eigenvalue weighted by atomic mass is 10.1. The predicted molar refractivity (Wildman–Crippen MR) is 139 cm³/mol. The van der Waals surface area contributed by atoms with E-state index in [4.69, 9.17) is 0 Å². The van der Waals surface area contributed by atoms with Gasteiger partial charge in [-0.1, -0.05) is 6.07 Å². The van der Waals surface area contributed by atoms with Crippen molar-refractivity contribution in [1.82, 2.24) is 9.78 Å². The van der Waals surface area contributed by atoms with Crippen molar-refractivity contribution in [2.24, 2.45) is 0 Å². The van der Waals surface area contributed by atoms with Gasteiger partial charge in [0.05, 0.1) is 21.8 Å². The molecule has 0 unspecified atom stereocenters. The van der Waals surface area contributed by atoms with Crippen LogP contribution in [-0.4, -0.2) is 42.9 Å². The SMILES string of the molecule is CCn1nc(C)c(CCN(C)c2ccc(NS(=O)(=O)c3cc(C)c(C)cc3C)cc2C(=O)O)c1C. The maximum atomic E-state index is 13.1. The van der Waals surface area contributed by atoms with Crippen LogP contribution in [0.25, 0.3) is 0 Å². The van der Waals surface area contributed by atoms with Gasteiger partial charge in [0.15, 0.2) is 0 Å². The molecule has 35 heavy (non-hydrogen) atoms. The Bertz CT molecular complexity index is 1380. The number of rotatable bonds is 9. The van der Waals surface area contributed by atoms with Crippen LogP contribution in [0.15, 0.2) is 35.2 Å². The van der Waals surface area contributed by atoms with Crippen LogP contribution < -0.4 is 9.62 Å². The molecule has 0 saturated heterocycles. The molecule has 8 nitrogen and oxygen atoms in total. The topological polar surface area (TPSA) is 105 Å². The minimum atomic E-state index is -3.88. The van der Waals surface area contributed by atoms with Crippen molar-refractivity contribution in [2.45, 2.75) is 59.4 Å². The molecule has 2 aromatic carbocycles. The number of nitrogens with one attached hydrogen (secondary N) is 1. The number of sulfonamides is 1. The highest BCUT2D eigenvalue weighted by Gasteiger charge is 2.21. The largest absolute Gasteiger partial charge is 0.478 e. The first kappa shape index (κ1) is 26.3. The normalized spacial score (nSPS) is 11.5. The Morgan fingerprint density at radius 1 is 1.06 bits per heavy atom. The number of carbonyl (C=O) groups is 1. The van der Waals surface area contributed by atoms with E-state index in [1.54, 1.807) is 25.1 Å². The summed E-state index contributed by atoms with van der Waals surface area (Å²) in [5, 5.41) is 14.4. The van der Waals surface area contributed by atoms with Crippen LogP contribution in [0.2, 0.25) is 0 Å². The van der Waals surface area contributed by atoms with Gasteiger partial charge in [0.1, 0.15) is 0 Å². The fourth-order valence-corrected chi connectivity index (χ4v) is 5.70. The molecule has 0 aliphatic rings. The number of aryl methyl sites for hydroxylation is 5. The Kier molecular flexibility index (Phi) is 7.59. The summed E-state index contributed by atoms with van der Waals surface area (Å²) in [6.45, 7) is 13.0. The number of hydrogen-bond donors (Lipinski definition) is 2. The lowest BCUT2D eigenvalue weighted by Gasteiger charge is -2.22. The fraction of sp³-hybridized carbons (Fsp3) is 0.385. The second kappa shape index (κ2) is 10.1. The lowest BCUT2D eigenvalue weighted by molar-refractivity contribution is 0.0697. The maximum Gasteiger partial charge on any atom is 0.337 e. The molecule has 0 fully saturated rings. The van der Waals surface area contributed by atoms with Gasteiger partial charge < -0.3 is 10.0 Å². The monoisotopic (exact) mass is 498 g/mol. The van der Waals surface area contributed by atoms with Crippen molar-refractivity contribution < 1.29 is 18.3 Å². The summed E-state index contributed by atoms with van der Waals surface area (Å²) in [4.78, 5) is 14.1. The number of benzene rings is 2. The summed E-state index contributed by atoms with van der Waals surface area (Å²) in [5.74, 6) is -1.12. The number of carboxylic acids is 1. The number of hydrogen-bond acceptors (Lipinski definition) is 5. The molecule has 0 amide bonds.